The molecule has 3 aromatic rings. The molecule has 24 nitrogen and oxygen atoms in total. The standard InChI is InChI=1S/C62H92N6O18S3/c1-10-34-28(2)36-24-41-46(33(7)83-18-13-21-89-62-58(81)55(78)52(75)44(27-71)86-62)30(4)38(64-41)22-37-29(3)35(14-15-45(72)67(8)16-11-19-87-60-56(79)53(76)50(73)42(25-69)84-60)48(65-37)32(6)49-47(31(5)39(66-49)23-40(34)63-36)59(82)68(9)17-12-20-88-61-57(80)54(77)51(74)43(26-70)85-61/h22-24,29,33,35,42-44,50-58,60-64,69-71,73-81H,10-21,25-27H2,1-9H3/t29-,33?,35-,42+,43+,44+,50+,51+,52+,53-,54-,55-,56+,57+,58+,60-,61-,62-/m0/s1. The molecule has 8 rings (SSSR count). The maximum atomic E-state index is 15.1. The largest absolute Gasteiger partial charge is 0.394 e. The fourth-order valence-electron chi connectivity index (χ4n) is 12.4. The molecular formula is C62H92N6O18S3. The molecule has 0 radical (unpaired) electrons. The van der Waals surface area contributed by atoms with Crippen molar-refractivity contribution < 1.29 is 89.8 Å². The number of thioether (sulfide) groups is 3. The van der Waals surface area contributed by atoms with Gasteiger partial charge in [-0.05, 0) is 130 Å². The molecule has 496 valence electrons. The summed E-state index contributed by atoms with van der Waals surface area (Å²) in [5.41, 5.74) is 8.74. The van der Waals surface area contributed by atoms with Crippen molar-refractivity contribution in [2.24, 2.45) is 0 Å². The van der Waals surface area contributed by atoms with Crippen molar-refractivity contribution in [3.8, 4) is 0 Å². The van der Waals surface area contributed by atoms with Gasteiger partial charge in [0, 0.05) is 91.1 Å². The van der Waals surface area contributed by atoms with Gasteiger partial charge in [0.25, 0.3) is 5.91 Å². The van der Waals surface area contributed by atoms with E-state index in [0.717, 1.165) is 50.0 Å². The number of rotatable bonds is 25. The molecule has 3 fully saturated rings. The van der Waals surface area contributed by atoms with Gasteiger partial charge in [-0.25, -0.2) is 4.98 Å². The zero-order valence-corrected chi connectivity index (χ0v) is 54.5. The molecule has 18 atom stereocenters. The maximum absolute atomic E-state index is 15.1. The molecule has 0 aromatic carbocycles. The summed E-state index contributed by atoms with van der Waals surface area (Å²) < 4.78 is 23.7. The van der Waals surface area contributed by atoms with Crippen molar-refractivity contribution in [1.82, 2.24) is 29.7 Å². The number of aliphatic hydroxyl groups excluding tert-OH is 12. The van der Waals surface area contributed by atoms with E-state index in [0.29, 0.717) is 103 Å². The molecule has 0 aliphatic carbocycles. The quantitative estimate of drug-likeness (QED) is 0.0541. The summed E-state index contributed by atoms with van der Waals surface area (Å²) in [4.78, 5) is 50.6. The van der Waals surface area contributed by atoms with Crippen molar-refractivity contribution in [1.29, 1.82) is 0 Å². The van der Waals surface area contributed by atoms with E-state index in [2.05, 4.69) is 36.8 Å². The Morgan fingerprint density at radius 2 is 1.12 bits per heavy atom. The average molecular weight is 1310 g/mol. The van der Waals surface area contributed by atoms with Gasteiger partial charge in [-0.3, -0.25) is 14.6 Å². The summed E-state index contributed by atoms with van der Waals surface area (Å²) in [6, 6.07) is 6.10. The number of nitrogens with zero attached hydrogens (tertiary/aromatic N) is 4. The predicted octanol–water partition coefficient (Wildman–Crippen LogP) is 2.16. The summed E-state index contributed by atoms with van der Waals surface area (Å²) in [5.74, 6) is 0.413. The van der Waals surface area contributed by atoms with Gasteiger partial charge in [-0.2, -0.15) is 0 Å². The number of aliphatic hydroxyl groups is 12. The minimum Gasteiger partial charge on any atom is -0.394 e. The van der Waals surface area contributed by atoms with Gasteiger partial charge in [-0.1, -0.05) is 13.8 Å². The third-order valence-corrected chi connectivity index (χ3v) is 21.8. The van der Waals surface area contributed by atoms with Crippen LogP contribution in [0.3, 0.4) is 0 Å². The van der Waals surface area contributed by atoms with Crippen LogP contribution in [-0.4, -0.2) is 263 Å². The Bertz CT molecular complexity index is 3130. The van der Waals surface area contributed by atoms with Crippen LogP contribution < -0.4 is 0 Å². The fourth-order valence-corrected chi connectivity index (χ4v) is 15.7. The molecule has 5 aliphatic heterocycles. The molecule has 0 saturated carbocycles. The lowest BCUT2D eigenvalue weighted by atomic mass is 9.85. The molecule has 8 heterocycles. The number of nitrogens with one attached hydrogen (secondary N) is 2. The number of amides is 2. The molecule has 0 spiro atoms. The number of ether oxygens (including phenoxy) is 4. The highest BCUT2D eigenvalue weighted by Gasteiger charge is 2.46. The van der Waals surface area contributed by atoms with Crippen LogP contribution in [-0.2, 0) is 35.0 Å². The Morgan fingerprint density at radius 1 is 0.629 bits per heavy atom. The van der Waals surface area contributed by atoms with Crippen LogP contribution in [0, 0.1) is 20.8 Å². The minimum absolute atomic E-state index is 0.108. The Labute approximate surface area is 531 Å². The van der Waals surface area contributed by atoms with E-state index in [1.54, 1.807) is 23.9 Å². The third kappa shape index (κ3) is 15.6. The SMILES string of the molecule is CCc1c(C)c2cc3[nH]c(cc4nc(c(C)c5nc(cc1[nH]2)C(C)=C5C(=O)N(C)CCCS[C@@H]1O[C@H](CO)[C@@H](O)[C@H](O)[C@H]1O)[C@@H](CCC(=O)N(C)CCCS[C@@H]1O[C@H](CO)[C@@H](O)[C@H](O)[C@H]1O)[C@@H]4C)c(C)c3C(C)OCCCS[C@@H]1O[C@H](CO)[C@@H](O)[C@H](O)[C@H]1O. The van der Waals surface area contributed by atoms with Crippen LogP contribution in [0.4, 0.5) is 0 Å². The van der Waals surface area contributed by atoms with E-state index in [9.17, 15) is 66.1 Å². The number of allylic oxidation sites excluding steroid dienone is 1. The first-order valence-electron chi connectivity index (χ1n) is 30.7. The van der Waals surface area contributed by atoms with Crippen LogP contribution in [0.1, 0.15) is 128 Å². The highest BCUT2D eigenvalue weighted by atomic mass is 32.2. The normalized spacial score (nSPS) is 30.2. The number of aromatic nitrogens is 4. The molecule has 89 heavy (non-hydrogen) atoms. The van der Waals surface area contributed by atoms with Crippen LogP contribution in [0.5, 0.6) is 0 Å². The Balaban J connectivity index is 1.11. The number of carbonyl (C=O) groups excluding carboxylic acids is 2. The number of hydrogen-bond acceptors (Lipinski definition) is 23. The second-order valence-corrected chi connectivity index (χ2v) is 27.6. The molecule has 27 heteroatoms. The van der Waals surface area contributed by atoms with E-state index < -0.39 is 115 Å². The summed E-state index contributed by atoms with van der Waals surface area (Å²) >= 11 is 3.72. The van der Waals surface area contributed by atoms with Gasteiger partial charge in [0.15, 0.2) is 0 Å². The second-order valence-electron chi connectivity index (χ2n) is 24.0. The average Bonchev–Trinajstić information content (AvgIpc) is 1.68. The fraction of sp³-hybridized carbons (Fsp3) is 0.677. The Morgan fingerprint density at radius 3 is 1.64 bits per heavy atom. The number of H-pyrrole nitrogens is 2. The highest BCUT2D eigenvalue weighted by Crippen LogP contribution is 2.44. The van der Waals surface area contributed by atoms with Gasteiger partial charge in [-0.15, -0.1) is 35.3 Å². The van der Waals surface area contributed by atoms with Crippen LogP contribution in [0.15, 0.2) is 18.2 Å². The van der Waals surface area contributed by atoms with E-state index in [1.807, 2.05) is 39.8 Å². The Kier molecular flexibility index (Phi) is 25.1. The monoisotopic (exact) mass is 1300 g/mol. The van der Waals surface area contributed by atoms with Crippen molar-refractivity contribution in [2.45, 2.75) is 194 Å². The van der Waals surface area contributed by atoms with Gasteiger partial charge in [0.05, 0.1) is 42.9 Å². The van der Waals surface area contributed by atoms with Crippen LogP contribution in [0.25, 0.3) is 33.2 Å². The lowest BCUT2D eigenvalue weighted by Gasteiger charge is -2.39. The highest BCUT2D eigenvalue weighted by molar-refractivity contribution is 8.00. The molecular weight excluding hydrogens is 1210 g/mol. The number of aromatic amines is 2. The molecule has 14 N–H and O–H groups in total. The molecule has 3 aromatic heterocycles. The van der Waals surface area contributed by atoms with Crippen LogP contribution in [0.2, 0.25) is 0 Å². The lowest BCUT2D eigenvalue weighted by Crippen LogP contribution is -2.57. The zero-order valence-electron chi connectivity index (χ0n) is 52.1. The number of carbonyl (C=O) groups is 2. The van der Waals surface area contributed by atoms with E-state index in [1.165, 1.54) is 35.3 Å². The van der Waals surface area contributed by atoms with Gasteiger partial charge < -0.3 is 100.0 Å². The number of likely N-dealkylation sites (N-methyl/N-ethyl adjacent to an activating group) is 1. The van der Waals surface area contributed by atoms with E-state index in [-0.39, 0.29) is 30.1 Å². The molecule has 5 aliphatic rings. The number of hydrogen-bond donors (Lipinski definition) is 14. The molecule has 1 unspecified atom stereocenters. The molecule has 3 saturated heterocycles. The summed E-state index contributed by atoms with van der Waals surface area (Å²) in [7, 11) is 3.44. The predicted molar refractivity (Wildman–Crippen MR) is 340 cm³/mol. The smallest absolute Gasteiger partial charge is 0.256 e. The van der Waals surface area contributed by atoms with Gasteiger partial charge in [0.1, 0.15) is 89.6 Å². The first-order valence-corrected chi connectivity index (χ1v) is 33.8. The number of fused-ring (bicyclic) bond motifs is 8. The third-order valence-electron chi connectivity index (χ3n) is 18.1. The Hall–Kier alpha value is -3.79. The van der Waals surface area contributed by atoms with Crippen LogP contribution >= 0.6 is 35.3 Å². The molecule has 8 bridgehead atoms. The van der Waals surface area contributed by atoms with Gasteiger partial charge >= 0.3 is 0 Å². The van der Waals surface area contributed by atoms with Crippen molar-refractivity contribution in [3.05, 3.63) is 68.8 Å². The van der Waals surface area contributed by atoms with Crippen molar-refractivity contribution in [2.75, 3.05) is 70.9 Å². The first kappa shape index (κ1) is 71.1. The summed E-state index contributed by atoms with van der Waals surface area (Å²) in [5, 5.41) is 123. The van der Waals surface area contributed by atoms with E-state index in [4.69, 9.17) is 28.9 Å². The van der Waals surface area contributed by atoms with Gasteiger partial charge in [0.2, 0.25) is 5.91 Å². The number of aryl methyl sites for hydroxylation is 3. The maximum Gasteiger partial charge on any atom is 0.256 e. The van der Waals surface area contributed by atoms with E-state index >= 15 is 4.79 Å². The van der Waals surface area contributed by atoms with Crippen molar-refractivity contribution in [3.63, 3.8) is 0 Å². The minimum atomic E-state index is -1.50. The topological polar surface area (TPSA) is 378 Å². The zero-order chi connectivity index (χ0) is 64.9. The lowest BCUT2D eigenvalue weighted by molar-refractivity contribution is -0.205. The molecule has 2 amide bonds. The first-order chi connectivity index (χ1) is 42.4. The second kappa shape index (κ2) is 31.4. The van der Waals surface area contributed by atoms with Crippen molar-refractivity contribution >= 4 is 80.3 Å². The summed E-state index contributed by atoms with van der Waals surface area (Å²) in [6.45, 7) is 13.5. The summed E-state index contributed by atoms with van der Waals surface area (Å²) in [6.07, 6.45) is -13.6.